The average molecular weight is 289 g/mol. The number of aromatic nitrogens is 3. The minimum Gasteiger partial charge on any atom is -0.368 e. The molecule has 0 aliphatic carbocycles. The molecule has 0 saturated carbocycles. The molecule has 0 unspecified atom stereocenters. The summed E-state index contributed by atoms with van der Waals surface area (Å²) < 4.78 is 0. The van der Waals surface area contributed by atoms with Crippen molar-refractivity contribution >= 4 is 29.3 Å². The maximum atomic E-state index is 11.6. The Balaban J connectivity index is 1.78. The smallest absolute Gasteiger partial charge is 0.244 e. The molecule has 2 rings (SSSR count). The Hall–Kier alpha value is -2.28. The van der Waals surface area contributed by atoms with Gasteiger partial charge in [0.1, 0.15) is 0 Å². The van der Waals surface area contributed by atoms with E-state index in [4.69, 9.17) is 5.73 Å². The first-order valence-corrected chi connectivity index (χ1v) is 6.95. The molecule has 2 aromatic heterocycles. The largest absolute Gasteiger partial charge is 0.368 e. The second-order valence-electron chi connectivity index (χ2n) is 4.11. The Bertz CT molecular complexity index is 605. The van der Waals surface area contributed by atoms with Gasteiger partial charge in [-0.3, -0.25) is 4.79 Å². The summed E-state index contributed by atoms with van der Waals surface area (Å²) in [6.07, 6.45) is 7.02. The van der Waals surface area contributed by atoms with Crippen LogP contribution in [0.25, 0.3) is 6.08 Å². The molecule has 0 radical (unpaired) electrons. The molecule has 20 heavy (non-hydrogen) atoms. The second-order valence-corrected chi connectivity index (χ2v) is 5.05. The predicted molar refractivity (Wildman–Crippen MR) is 79.0 cm³/mol. The van der Waals surface area contributed by atoms with E-state index in [1.165, 1.54) is 11.0 Å². The van der Waals surface area contributed by atoms with Crippen molar-refractivity contribution in [1.29, 1.82) is 0 Å². The van der Waals surface area contributed by atoms with Gasteiger partial charge in [-0.25, -0.2) is 15.0 Å². The van der Waals surface area contributed by atoms with E-state index in [0.717, 1.165) is 17.7 Å². The van der Waals surface area contributed by atoms with Gasteiger partial charge in [-0.1, -0.05) is 0 Å². The fraction of sp³-hybridized carbons (Fsp3) is 0.231. The zero-order chi connectivity index (χ0) is 14.4. The van der Waals surface area contributed by atoms with Gasteiger partial charge in [0.15, 0.2) is 0 Å². The summed E-state index contributed by atoms with van der Waals surface area (Å²) in [6, 6.07) is 0. The van der Waals surface area contributed by atoms with Gasteiger partial charge in [0.2, 0.25) is 11.9 Å². The number of hydrogen-bond donors (Lipinski definition) is 2. The highest BCUT2D eigenvalue weighted by Crippen LogP contribution is 2.11. The molecule has 6 nitrogen and oxygen atoms in total. The number of nitrogens with zero attached hydrogens (tertiary/aromatic N) is 3. The van der Waals surface area contributed by atoms with Crippen molar-refractivity contribution in [2.45, 2.75) is 13.3 Å². The standard InChI is InChI=1S/C13H15N5OS/c1-9-11(20-8-18-9)4-5-15-12(19)3-2-10-6-16-13(14)17-7-10/h2-3,6-8H,4-5H2,1H3,(H,15,19)(H2,14,16,17)/b3-2+. The SMILES string of the molecule is Cc1ncsc1CCNC(=O)/C=C/c1cnc(N)nc1. The molecular formula is C13H15N5OS. The molecule has 0 fully saturated rings. The molecule has 3 N–H and O–H groups in total. The number of amides is 1. The minimum absolute atomic E-state index is 0.149. The Kier molecular flexibility index (Phi) is 4.78. The molecule has 2 aromatic rings. The zero-order valence-electron chi connectivity index (χ0n) is 11.0. The maximum absolute atomic E-state index is 11.6. The first-order valence-electron chi connectivity index (χ1n) is 6.07. The van der Waals surface area contributed by atoms with Gasteiger partial charge >= 0.3 is 0 Å². The second kappa shape index (κ2) is 6.76. The van der Waals surface area contributed by atoms with Gasteiger partial charge in [-0.05, 0) is 13.0 Å². The summed E-state index contributed by atoms with van der Waals surface area (Å²) in [5.41, 5.74) is 8.95. The highest BCUT2D eigenvalue weighted by atomic mass is 32.1. The lowest BCUT2D eigenvalue weighted by Crippen LogP contribution is -2.23. The zero-order valence-corrected chi connectivity index (χ0v) is 11.9. The van der Waals surface area contributed by atoms with Crippen LogP contribution in [-0.2, 0) is 11.2 Å². The Morgan fingerprint density at radius 1 is 1.40 bits per heavy atom. The fourth-order valence-electron chi connectivity index (χ4n) is 1.53. The van der Waals surface area contributed by atoms with Crippen molar-refractivity contribution in [2.24, 2.45) is 0 Å². The van der Waals surface area contributed by atoms with Crippen molar-refractivity contribution in [3.63, 3.8) is 0 Å². The number of hydrogen-bond acceptors (Lipinski definition) is 6. The number of nitrogens with two attached hydrogens (primary N) is 1. The summed E-state index contributed by atoms with van der Waals surface area (Å²) in [4.78, 5) is 24.7. The van der Waals surface area contributed by atoms with Gasteiger partial charge in [0.05, 0.1) is 11.2 Å². The van der Waals surface area contributed by atoms with Crippen molar-refractivity contribution in [3.8, 4) is 0 Å². The molecule has 0 aliphatic heterocycles. The van der Waals surface area contributed by atoms with Crippen LogP contribution in [0.1, 0.15) is 16.1 Å². The number of carbonyl (C=O) groups excluding carboxylic acids is 1. The third-order valence-corrected chi connectivity index (χ3v) is 3.61. The third-order valence-electron chi connectivity index (χ3n) is 2.62. The predicted octanol–water partition coefficient (Wildman–Crippen LogP) is 1.20. The van der Waals surface area contributed by atoms with Crippen molar-refractivity contribution < 1.29 is 4.79 Å². The lowest BCUT2D eigenvalue weighted by Gasteiger charge is -2.01. The summed E-state index contributed by atoms with van der Waals surface area (Å²) in [6.45, 7) is 2.55. The summed E-state index contributed by atoms with van der Waals surface area (Å²) in [5, 5.41) is 2.82. The maximum Gasteiger partial charge on any atom is 0.244 e. The Labute approximate surface area is 120 Å². The normalized spacial score (nSPS) is 10.8. The van der Waals surface area contributed by atoms with Crippen molar-refractivity contribution in [1.82, 2.24) is 20.3 Å². The lowest BCUT2D eigenvalue weighted by molar-refractivity contribution is -0.116. The number of anilines is 1. The van der Waals surface area contributed by atoms with Crippen LogP contribution < -0.4 is 11.1 Å². The van der Waals surface area contributed by atoms with Crippen LogP contribution in [0.3, 0.4) is 0 Å². The van der Waals surface area contributed by atoms with Gasteiger partial charge in [0.25, 0.3) is 0 Å². The van der Waals surface area contributed by atoms with Crippen LogP contribution in [0.2, 0.25) is 0 Å². The molecule has 104 valence electrons. The van der Waals surface area contributed by atoms with Crippen molar-refractivity contribution in [2.75, 3.05) is 12.3 Å². The third kappa shape index (κ3) is 4.13. The van der Waals surface area contributed by atoms with Crippen LogP contribution >= 0.6 is 11.3 Å². The summed E-state index contributed by atoms with van der Waals surface area (Å²) in [7, 11) is 0. The van der Waals surface area contributed by atoms with Gasteiger partial charge in [-0.15, -0.1) is 11.3 Å². The van der Waals surface area contributed by atoms with Crippen LogP contribution in [0.4, 0.5) is 5.95 Å². The fourth-order valence-corrected chi connectivity index (χ4v) is 2.31. The van der Waals surface area contributed by atoms with E-state index in [1.807, 2.05) is 12.4 Å². The number of nitrogens with one attached hydrogen (secondary N) is 1. The Morgan fingerprint density at radius 3 is 2.80 bits per heavy atom. The molecule has 1 amide bonds. The Morgan fingerprint density at radius 2 is 2.15 bits per heavy atom. The minimum atomic E-state index is -0.149. The highest BCUT2D eigenvalue weighted by Gasteiger charge is 2.01. The average Bonchev–Trinajstić information content (AvgIpc) is 2.84. The molecule has 0 aromatic carbocycles. The van der Waals surface area contributed by atoms with Gasteiger partial charge in [-0.2, -0.15) is 0 Å². The van der Waals surface area contributed by atoms with Crippen LogP contribution in [-0.4, -0.2) is 27.4 Å². The van der Waals surface area contributed by atoms with Crippen LogP contribution in [0.15, 0.2) is 24.0 Å². The van der Waals surface area contributed by atoms with E-state index in [-0.39, 0.29) is 11.9 Å². The van der Waals surface area contributed by atoms with E-state index in [0.29, 0.717) is 6.54 Å². The summed E-state index contributed by atoms with van der Waals surface area (Å²) >= 11 is 1.60. The first kappa shape index (κ1) is 14.1. The monoisotopic (exact) mass is 289 g/mol. The van der Waals surface area contributed by atoms with Crippen LogP contribution in [0, 0.1) is 6.92 Å². The molecule has 0 aliphatic rings. The quantitative estimate of drug-likeness (QED) is 0.807. The van der Waals surface area contributed by atoms with E-state index in [2.05, 4.69) is 20.3 Å². The molecule has 0 bridgehead atoms. The molecule has 0 spiro atoms. The number of thiazole rings is 1. The molecule has 0 atom stereocenters. The highest BCUT2D eigenvalue weighted by molar-refractivity contribution is 7.09. The molecule has 7 heteroatoms. The van der Waals surface area contributed by atoms with Crippen LogP contribution in [0.5, 0.6) is 0 Å². The topological polar surface area (TPSA) is 93.8 Å². The van der Waals surface area contributed by atoms with E-state index in [1.54, 1.807) is 29.8 Å². The number of carbonyl (C=O) groups is 1. The number of nitrogen functional groups attached to an aromatic ring is 1. The lowest BCUT2D eigenvalue weighted by atomic mass is 10.3. The van der Waals surface area contributed by atoms with Gasteiger partial charge < -0.3 is 11.1 Å². The molecular weight excluding hydrogens is 274 g/mol. The number of aryl methyl sites for hydroxylation is 1. The van der Waals surface area contributed by atoms with E-state index < -0.39 is 0 Å². The number of rotatable bonds is 5. The van der Waals surface area contributed by atoms with Crippen molar-refractivity contribution in [3.05, 3.63) is 40.1 Å². The van der Waals surface area contributed by atoms with E-state index in [9.17, 15) is 4.79 Å². The molecule has 2 heterocycles. The first-order chi connectivity index (χ1) is 9.65. The summed E-state index contributed by atoms with van der Waals surface area (Å²) in [5.74, 6) is 0.0653. The van der Waals surface area contributed by atoms with E-state index >= 15 is 0 Å². The molecule has 0 saturated heterocycles. The van der Waals surface area contributed by atoms with Gasteiger partial charge in [0, 0.05) is 41.9 Å².